The first-order valence-corrected chi connectivity index (χ1v) is 11.1. The van der Waals surface area contributed by atoms with Crippen molar-refractivity contribution in [1.82, 2.24) is 20.1 Å². The standard InChI is InChI=1S/C24H32FN5O/c1-5-8-19(9-6-2)29-22-20(14-26-24(31)17-10-12-18(25)13-11-17)16(4)28-23-21(22)15-27-30(23)7-3/h10-13,15,19H,5-9,14H2,1-4H3,(H,26,31)(H,28,29). The highest BCUT2D eigenvalue weighted by Gasteiger charge is 2.19. The predicted molar refractivity (Wildman–Crippen MR) is 123 cm³/mol. The molecule has 1 amide bonds. The number of aryl methyl sites for hydroxylation is 2. The fourth-order valence-electron chi connectivity index (χ4n) is 3.92. The van der Waals surface area contributed by atoms with Gasteiger partial charge in [0, 0.05) is 36.0 Å². The molecule has 2 N–H and O–H groups in total. The minimum atomic E-state index is -0.362. The molecule has 0 aliphatic heterocycles. The van der Waals surface area contributed by atoms with E-state index in [1.54, 1.807) is 0 Å². The molecular formula is C24H32FN5O. The number of hydrogen-bond donors (Lipinski definition) is 2. The Morgan fingerprint density at radius 2 is 1.81 bits per heavy atom. The Bertz CT molecular complexity index is 1020. The monoisotopic (exact) mass is 425 g/mol. The van der Waals surface area contributed by atoms with Crippen LogP contribution in [-0.2, 0) is 13.1 Å². The summed E-state index contributed by atoms with van der Waals surface area (Å²) in [5, 5.41) is 12.2. The number of rotatable bonds is 10. The van der Waals surface area contributed by atoms with E-state index >= 15 is 0 Å². The van der Waals surface area contributed by atoms with Crippen LogP contribution in [0.1, 0.15) is 68.1 Å². The molecule has 0 spiro atoms. The quantitative estimate of drug-likeness (QED) is 0.468. The summed E-state index contributed by atoms with van der Waals surface area (Å²) in [6.07, 6.45) is 6.18. The summed E-state index contributed by atoms with van der Waals surface area (Å²) >= 11 is 0. The number of nitrogens with one attached hydrogen (secondary N) is 2. The minimum absolute atomic E-state index is 0.242. The van der Waals surface area contributed by atoms with Crippen molar-refractivity contribution in [3.8, 4) is 0 Å². The van der Waals surface area contributed by atoms with Crippen molar-refractivity contribution in [2.75, 3.05) is 5.32 Å². The van der Waals surface area contributed by atoms with Gasteiger partial charge in [0.05, 0.1) is 17.3 Å². The molecule has 0 saturated heterocycles. The maximum Gasteiger partial charge on any atom is 0.251 e. The van der Waals surface area contributed by atoms with Crippen molar-refractivity contribution < 1.29 is 9.18 Å². The van der Waals surface area contributed by atoms with E-state index in [4.69, 9.17) is 4.98 Å². The van der Waals surface area contributed by atoms with Crippen molar-refractivity contribution in [2.45, 2.75) is 72.5 Å². The molecule has 6 nitrogen and oxygen atoms in total. The second-order valence-electron chi connectivity index (χ2n) is 7.86. The Kier molecular flexibility index (Phi) is 7.60. The number of aromatic nitrogens is 3. The van der Waals surface area contributed by atoms with Crippen LogP contribution in [0.4, 0.5) is 10.1 Å². The lowest BCUT2D eigenvalue weighted by molar-refractivity contribution is 0.0951. The average Bonchev–Trinajstić information content (AvgIpc) is 3.16. The van der Waals surface area contributed by atoms with Crippen LogP contribution >= 0.6 is 0 Å². The Morgan fingerprint density at radius 3 is 2.42 bits per heavy atom. The van der Waals surface area contributed by atoms with Crippen LogP contribution in [0.3, 0.4) is 0 Å². The summed E-state index contributed by atoms with van der Waals surface area (Å²) < 4.78 is 15.1. The first-order valence-electron chi connectivity index (χ1n) is 11.1. The highest BCUT2D eigenvalue weighted by atomic mass is 19.1. The normalized spacial score (nSPS) is 11.3. The molecule has 0 bridgehead atoms. The first-order chi connectivity index (χ1) is 15.0. The molecule has 3 rings (SSSR count). The molecule has 0 aliphatic rings. The van der Waals surface area contributed by atoms with Gasteiger partial charge in [-0.1, -0.05) is 26.7 Å². The van der Waals surface area contributed by atoms with Gasteiger partial charge in [-0.25, -0.2) is 14.1 Å². The van der Waals surface area contributed by atoms with Gasteiger partial charge in [0.15, 0.2) is 5.65 Å². The van der Waals surface area contributed by atoms with E-state index in [0.29, 0.717) is 18.2 Å². The van der Waals surface area contributed by atoms with Crippen molar-refractivity contribution in [3.63, 3.8) is 0 Å². The number of carbonyl (C=O) groups is 1. The molecule has 2 aromatic heterocycles. The Hall–Kier alpha value is -2.96. The number of amides is 1. The van der Waals surface area contributed by atoms with Crippen molar-refractivity contribution >= 4 is 22.6 Å². The highest BCUT2D eigenvalue weighted by Crippen LogP contribution is 2.30. The molecule has 3 aromatic rings. The lowest BCUT2D eigenvalue weighted by Gasteiger charge is -2.23. The lowest BCUT2D eigenvalue weighted by atomic mass is 10.0. The highest BCUT2D eigenvalue weighted by molar-refractivity contribution is 5.95. The predicted octanol–water partition coefficient (Wildman–Crippen LogP) is 5.21. The van der Waals surface area contributed by atoms with Gasteiger partial charge in [0.1, 0.15) is 5.82 Å². The fourth-order valence-corrected chi connectivity index (χ4v) is 3.92. The molecule has 0 fully saturated rings. The summed E-state index contributed by atoms with van der Waals surface area (Å²) in [6.45, 7) is 9.46. The van der Waals surface area contributed by atoms with E-state index in [0.717, 1.165) is 60.2 Å². The van der Waals surface area contributed by atoms with Gasteiger partial charge in [0.2, 0.25) is 0 Å². The molecule has 0 atom stereocenters. The molecule has 0 unspecified atom stereocenters. The van der Waals surface area contributed by atoms with Gasteiger partial charge in [-0.05, 0) is 51.0 Å². The Balaban J connectivity index is 1.95. The lowest BCUT2D eigenvalue weighted by Crippen LogP contribution is -2.26. The molecule has 31 heavy (non-hydrogen) atoms. The molecule has 0 aliphatic carbocycles. The number of pyridine rings is 1. The molecule has 1 aromatic carbocycles. The summed E-state index contributed by atoms with van der Waals surface area (Å²) in [5.74, 6) is -0.604. The number of halogens is 1. The average molecular weight is 426 g/mol. The summed E-state index contributed by atoms with van der Waals surface area (Å²) in [5.41, 5.74) is 4.08. The molecule has 2 heterocycles. The number of anilines is 1. The van der Waals surface area contributed by atoms with E-state index in [9.17, 15) is 9.18 Å². The summed E-state index contributed by atoms with van der Waals surface area (Å²) in [7, 11) is 0. The van der Waals surface area contributed by atoms with Crippen LogP contribution in [0, 0.1) is 12.7 Å². The SMILES string of the molecule is CCCC(CCC)Nc1c(CNC(=O)c2ccc(F)cc2)c(C)nc2c1cnn2CC. The molecule has 0 saturated carbocycles. The summed E-state index contributed by atoms with van der Waals surface area (Å²) in [4.78, 5) is 17.4. The smallest absolute Gasteiger partial charge is 0.251 e. The summed E-state index contributed by atoms with van der Waals surface area (Å²) in [6, 6.07) is 5.90. The van der Waals surface area contributed by atoms with E-state index in [-0.39, 0.29) is 11.7 Å². The zero-order valence-corrected chi connectivity index (χ0v) is 18.8. The maximum atomic E-state index is 13.2. The third-order valence-electron chi connectivity index (χ3n) is 5.55. The topological polar surface area (TPSA) is 71.8 Å². The number of benzene rings is 1. The number of hydrogen-bond acceptors (Lipinski definition) is 4. The van der Waals surface area contributed by atoms with Gasteiger partial charge in [-0.2, -0.15) is 5.10 Å². The van der Waals surface area contributed by atoms with Crippen LogP contribution in [-0.4, -0.2) is 26.7 Å². The number of nitrogens with zero attached hydrogens (tertiary/aromatic N) is 3. The van der Waals surface area contributed by atoms with E-state index in [1.165, 1.54) is 24.3 Å². The van der Waals surface area contributed by atoms with Crippen LogP contribution in [0.5, 0.6) is 0 Å². The third kappa shape index (κ3) is 5.21. The van der Waals surface area contributed by atoms with Gasteiger partial charge in [0.25, 0.3) is 5.91 Å². The minimum Gasteiger partial charge on any atom is -0.381 e. The van der Waals surface area contributed by atoms with Crippen LogP contribution in [0.15, 0.2) is 30.5 Å². The van der Waals surface area contributed by atoms with Crippen LogP contribution in [0.2, 0.25) is 0 Å². The van der Waals surface area contributed by atoms with Crippen molar-refractivity contribution in [3.05, 3.63) is 53.1 Å². The molecule has 166 valence electrons. The largest absolute Gasteiger partial charge is 0.381 e. The molecule has 7 heteroatoms. The second-order valence-corrected chi connectivity index (χ2v) is 7.86. The Labute approximate surface area is 183 Å². The Morgan fingerprint density at radius 1 is 1.13 bits per heavy atom. The van der Waals surface area contributed by atoms with E-state index in [1.807, 2.05) is 24.7 Å². The third-order valence-corrected chi connectivity index (χ3v) is 5.55. The van der Waals surface area contributed by atoms with Gasteiger partial charge < -0.3 is 10.6 Å². The van der Waals surface area contributed by atoms with Crippen LogP contribution < -0.4 is 10.6 Å². The zero-order valence-electron chi connectivity index (χ0n) is 18.8. The van der Waals surface area contributed by atoms with Crippen LogP contribution in [0.25, 0.3) is 11.0 Å². The zero-order chi connectivity index (χ0) is 22.4. The number of carbonyl (C=O) groups excluding carboxylic acids is 1. The van der Waals surface area contributed by atoms with E-state index in [2.05, 4.69) is 29.6 Å². The maximum absolute atomic E-state index is 13.2. The van der Waals surface area contributed by atoms with Crippen molar-refractivity contribution in [2.24, 2.45) is 0 Å². The fraction of sp³-hybridized carbons (Fsp3) is 0.458. The molecule has 0 radical (unpaired) electrons. The molecular weight excluding hydrogens is 393 g/mol. The second kappa shape index (κ2) is 10.4. The van der Waals surface area contributed by atoms with Crippen molar-refractivity contribution in [1.29, 1.82) is 0 Å². The first kappa shape index (κ1) is 22.7. The van der Waals surface area contributed by atoms with Gasteiger partial charge in [-0.15, -0.1) is 0 Å². The van der Waals surface area contributed by atoms with E-state index < -0.39 is 0 Å². The van der Waals surface area contributed by atoms with Gasteiger partial charge in [-0.3, -0.25) is 4.79 Å². The number of fused-ring (bicyclic) bond motifs is 1. The van der Waals surface area contributed by atoms with Gasteiger partial charge >= 0.3 is 0 Å².